The highest BCUT2D eigenvalue weighted by Crippen LogP contribution is 2.30. The van der Waals surface area contributed by atoms with Gasteiger partial charge >= 0.3 is 6.18 Å². The molecule has 1 amide bonds. The van der Waals surface area contributed by atoms with Crippen LogP contribution < -0.4 is 5.73 Å². The standard InChI is InChI=1S/C11H13F3N2O/c1-16(2)6-7-3-4-8(11(12,13)14)5-9(7)10(15)17/h3-5H,6H2,1-2H3,(H2,15,17). The Balaban J connectivity index is 3.22. The number of nitrogens with two attached hydrogens (primary N) is 1. The van der Waals surface area contributed by atoms with Gasteiger partial charge in [-0.05, 0) is 31.8 Å². The van der Waals surface area contributed by atoms with E-state index in [2.05, 4.69) is 0 Å². The summed E-state index contributed by atoms with van der Waals surface area (Å²) in [6.07, 6.45) is -4.47. The summed E-state index contributed by atoms with van der Waals surface area (Å²) in [5.74, 6) is -0.854. The molecule has 2 N–H and O–H groups in total. The highest BCUT2D eigenvalue weighted by Gasteiger charge is 2.31. The molecule has 0 atom stereocenters. The van der Waals surface area contributed by atoms with Crippen LogP contribution in [-0.2, 0) is 12.7 Å². The Kier molecular flexibility index (Phi) is 3.77. The third-order valence-corrected chi connectivity index (χ3v) is 2.19. The molecule has 0 fully saturated rings. The molecule has 3 nitrogen and oxygen atoms in total. The van der Waals surface area contributed by atoms with Gasteiger partial charge in [-0.3, -0.25) is 4.79 Å². The molecule has 94 valence electrons. The van der Waals surface area contributed by atoms with Crippen LogP contribution in [-0.4, -0.2) is 24.9 Å². The fraction of sp³-hybridized carbons (Fsp3) is 0.364. The van der Waals surface area contributed by atoms with Gasteiger partial charge in [0.25, 0.3) is 0 Å². The quantitative estimate of drug-likeness (QED) is 0.884. The largest absolute Gasteiger partial charge is 0.416 e. The van der Waals surface area contributed by atoms with Gasteiger partial charge in [-0.15, -0.1) is 0 Å². The van der Waals surface area contributed by atoms with Crippen molar-refractivity contribution in [2.45, 2.75) is 12.7 Å². The maximum absolute atomic E-state index is 12.5. The van der Waals surface area contributed by atoms with Crippen LogP contribution >= 0.6 is 0 Å². The lowest BCUT2D eigenvalue weighted by Crippen LogP contribution is -2.19. The van der Waals surface area contributed by atoms with Gasteiger partial charge in [-0.2, -0.15) is 13.2 Å². The second-order valence-corrected chi connectivity index (χ2v) is 3.97. The van der Waals surface area contributed by atoms with Crippen LogP contribution in [0, 0.1) is 0 Å². The number of hydrogen-bond acceptors (Lipinski definition) is 2. The summed E-state index contributed by atoms with van der Waals surface area (Å²) >= 11 is 0. The Labute approximate surface area is 97.0 Å². The Morgan fingerprint density at radius 2 is 1.94 bits per heavy atom. The zero-order chi connectivity index (χ0) is 13.2. The van der Waals surface area contributed by atoms with Gasteiger partial charge in [-0.1, -0.05) is 6.07 Å². The summed E-state index contributed by atoms with van der Waals surface area (Å²) in [4.78, 5) is 12.9. The van der Waals surface area contributed by atoms with E-state index in [-0.39, 0.29) is 5.56 Å². The fourth-order valence-corrected chi connectivity index (χ4v) is 1.46. The lowest BCUT2D eigenvalue weighted by Gasteiger charge is -2.14. The Bertz CT molecular complexity index is 427. The molecule has 0 bridgehead atoms. The first-order chi connectivity index (χ1) is 7.71. The van der Waals surface area contributed by atoms with Gasteiger partial charge in [-0.25, -0.2) is 0 Å². The first kappa shape index (κ1) is 13.5. The minimum Gasteiger partial charge on any atom is -0.366 e. The van der Waals surface area contributed by atoms with E-state index in [4.69, 9.17) is 5.73 Å². The lowest BCUT2D eigenvalue weighted by atomic mass is 10.0. The average Bonchev–Trinajstić information content (AvgIpc) is 2.15. The van der Waals surface area contributed by atoms with Crippen molar-refractivity contribution in [3.8, 4) is 0 Å². The van der Waals surface area contributed by atoms with E-state index in [1.54, 1.807) is 19.0 Å². The molecule has 0 aliphatic rings. The van der Waals surface area contributed by atoms with E-state index in [1.807, 2.05) is 0 Å². The zero-order valence-corrected chi connectivity index (χ0v) is 9.51. The van der Waals surface area contributed by atoms with Gasteiger partial charge in [0.1, 0.15) is 0 Å². The third-order valence-electron chi connectivity index (χ3n) is 2.19. The van der Waals surface area contributed by atoms with Crippen molar-refractivity contribution in [1.82, 2.24) is 4.90 Å². The molecule has 0 radical (unpaired) electrons. The topological polar surface area (TPSA) is 46.3 Å². The van der Waals surface area contributed by atoms with Crippen LogP contribution in [0.2, 0.25) is 0 Å². The minimum atomic E-state index is -4.47. The molecule has 17 heavy (non-hydrogen) atoms. The van der Waals surface area contributed by atoms with Crippen molar-refractivity contribution < 1.29 is 18.0 Å². The van der Waals surface area contributed by atoms with Crippen molar-refractivity contribution >= 4 is 5.91 Å². The highest BCUT2D eigenvalue weighted by atomic mass is 19.4. The number of benzene rings is 1. The van der Waals surface area contributed by atoms with Crippen LogP contribution in [0.3, 0.4) is 0 Å². The molecule has 0 unspecified atom stereocenters. The molecule has 0 aliphatic heterocycles. The zero-order valence-electron chi connectivity index (χ0n) is 9.51. The third kappa shape index (κ3) is 3.45. The Morgan fingerprint density at radius 3 is 2.35 bits per heavy atom. The summed E-state index contributed by atoms with van der Waals surface area (Å²) < 4.78 is 37.4. The molecule has 0 saturated heterocycles. The summed E-state index contributed by atoms with van der Waals surface area (Å²) in [7, 11) is 3.50. The first-order valence-corrected chi connectivity index (χ1v) is 4.86. The number of alkyl halides is 3. The summed E-state index contributed by atoms with van der Waals surface area (Å²) in [5, 5.41) is 0. The average molecular weight is 246 g/mol. The predicted octanol–water partition coefficient (Wildman–Crippen LogP) is 1.87. The summed E-state index contributed by atoms with van der Waals surface area (Å²) in [5.41, 5.74) is 4.60. The first-order valence-electron chi connectivity index (χ1n) is 4.86. The Hall–Kier alpha value is -1.56. The lowest BCUT2D eigenvalue weighted by molar-refractivity contribution is -0.137. The SMILES string of the molecule is CN(C)Cc1ccc(C(F)(F)F)cc1C(N)=O. The number of nitrogens with zero attached hydrogens (tertiary/aromatic N) is 1. The van der Waals surface area contributed by atoms with E-state index in [0.717, 1.165) is 12.1 Å². The van der Waals surface area contributed by atoms with Crippen molar-refractivity contribution in [1.29, 1.82) is 0 Å². The molecule has 1 aromatic carbocycles. The van der Waals surface area contributed by atoms with Gasteiger partial charge in [0.2, 0.25) is 5.91 Å². The number of amides is 1. The molecule has 0 aliphatic carbocycles. The van der Waals surface area contributed by atoms with Gasteiger partial charge < -0.3 is 10.6 Å². The van der Waals surface area contributed by atoms with E-state index in [0.29, 0.717) is 12.1 Å². The number of carbonyl (C=O) groups excluding carboxylic acids is 1. The monoisotopic (exact) mass is 246 g/mol. The maximum atomic E-state index is 12.5. The van der Waals surface area contributed by atoms with Gasteiger partial charge in [0.15, 0.2) is 0 Å². The minimum absolute atomic E-state index is 0.0893. The normalized spacial score (nSPS) is 11.9. The molecule has 0 aromatic heterocycles. The van der Waals surface area contributed by atoms with Crippen molar-refractivity contribution in [3.05, 3.63) is 34.9 Å². The number of rotatable bonds is 3. The molecule has 1 aromatic rings. The summed E-state index contributed by atoms with van der Waals surface area (Å²) in [6.45, 7) is 0.358. The van der Waals surface area contributed by atoms with Crippen LogP contribution in [0.15, 0.2) is 18.2 Å². The van der Waals surface area contributed by atoms with Crippen LogP contribution in [0.4, 0.5) is 13.2 Å². The smallest absolute Gasteiger partial charge is 0.366 e. The van der Waals surface area contributed by atoms with E-state index >= 15 is 0 Å². The summed E-state index contributed by atoms with van der Waals surface area (Å²) in [6, 6.07) is 3.02. The molecule has 1 rings (SSSR count). The van der Waals surface area contributed by atoms with Crippen molar-refractivity contribution in [3.63, 3.8) is 0 Å². The maximum Gasteiger partial charge on any atom is 0.416 e. The molecule has 0 heterocycles. The van der Waals surface area contributed by atoms with Gasteiger partial charge in [0, 0.05) is 12.1 Å². The van der Waals surface area contributed by atoms with Crippen molar-refractivity contribution in [2.24, 2.45) is 5.73 Å². The second-order valence-electron chi connectivity index (χ2n) is 3.97. The molecule has 6 heteroatoms. The molecule has 0 saturated carbocycles. The predicted molar refractivity (Wildman–Crippen MR) is 57.4 cm³/mol. The number of carbonyl (C=O) groups is 1. The molecular weight excluding hydrogens is 233 g/mol. The van der Waals surface area contributed by atoms with E-state index < -0.39 is 17.6 Å². The van der Waals surface area contributed by atoms with Crippen LogP contribution in [0.5, 0.6) is 0 Å². The number of hydrogen-bond donors (Lipinski definition) is 1. The molecule has 0 spiro atoms. The molecular formula is C11H13F3N2O. The van der Waals surface area contributed by atoms with E-state index in [1.165, 1.54) is 6.07 Å². The number of primary amides is 1. The van der Waals surface area contributed by atoms with E-state index in [9.17, 15) is 18.0 Å². The van der Waals surface area contributed by atoms with Crippen LogP contribution in [0.25, 0.3) is 0 Å². The van der Waals surface area contributed by atoms with Crippen LogP contribution in [0.1, 0.15) is 21.5 Å². The fourth-order valence-electron chi connectivity index (χ4n) is 1.46. The second kappa shape index (κ2) is 4.75. The number of halogens is 3. The Morgan fingerprint density at radius 1 is 1.35 bits per heavy atom. The highest BCUT2D eigenvalue weighted by molar-refractivity contribution is 5.94. The van der Waals surface area contributed by atoms with Crippen molar-refractivity contribution in [2.75, 3.05) is 14.1 Å². The van der Waals surface area contributed by atoms with Gasteiger partial charge in [0.05, 0.1) is 5.56 Å².